The minimum atomic E-state index is -3.52. The predicted octanol–water partition coefficient (Wildman–Crippen LogP) is 0.605. The second-order valence-corrected chi connectivity index (χ2v) is 8.67. The quantitative estimate of drug-likeness (QED) is 0.790. The molecule has 0 bridgehead atoms. The van der Waals surface area contributed by atoms with Gasteiger partial charge in [0.15, 0.2) is 0 Å². The van der Waals surface area contributed by atoms with E-state index in [0.717, 1.165) is 29.7 Å². The average Bonchev–Trinajstić information content (AvgIpc) is 3.25. The summed E-state index contributed by atoms with van der Waals surface area (Å²) < 4.78 is 29.1. The van der Waals surface area contributed by atoms with E-state index in [-0.39, 0.29) is 24.5 Å². The van der Waals surface area contributed by atoms with Gasteiger partial charge in [-0.3, -0.25) is 0 Å². The van der Waals surface area contributed by atoms with E-state index in [1.807, 2.05) is 19.3 Å². The van der Waals surface area contributed by atoms with Gasteiger partial charge in [-0.25, -0.2) is 9.97 Å². The van der Waals surface area contributed by atoms with Gasteiger partial charge in [-0.1, -0.05) is 0 Å². The van der Waals surface area contributed by atoms with Crippen molar-refractivity contribution in [2.24, 2.45) is 5.92 Å². The van der Waals surface area contributed by atoms with Gasteiger partial charge >= 0.3 is 0 Å². The maximum absolute atomic E-state index is 12.5. The van der Waals surface area contributed by atoms with Crippen LogP contribution < -0.4 is 9.62 Å². The summed E-state index contributed by atoms with van der Waals surface area (Å²) in [5.74, 6) is 0.646. The van der Waals surface area contributed by atoms with Gasteiger partial charge in [0, 0.05) is 38.4 Å². The molecule has 1 atom stereocenters. The Labute approximate surface area is 152 Å². The lowest BCUT2D eigenvalue weighted by atomic mass is 9.86. The highest BCUT2D eigenvalue weighted by Gasteiger charge is 2.39. The lowest BCUT2D eigenvalue weighted by Gasteiger charge is -2.42. The first-order valence-corrected chi connectivity index (χ1v) is 10.1. The van der Waals surface area contributed by atoms with Crippen LogP contribution in [0.15, 0.2) is 18.6 Å². The van der Waals surface area contributed by atoms with Gasteiger partial charge in [0.05, 0.1) is 17.4 Å². The number of nitriles is 1. The maximum atomic E-state index is 12.5. The average molecular weight is 375 g/mol. The van der Waals surface area contributed by atoms with Gasteiger partial charge in [-0.15, -0.1) is 0 Å². The highest BCUT2D eigenvalue weighted by Crippen LogP contribution is 2.31. The van der Waals surface area contributed by atoms with E-state index in [4.69, 9.17) is 5.26 Å². The molecule has 0 unspecified atom stereocenters. The molecule has 10 heteroatoms. The Hall–Kier alpha value is -2.22. The second kappa shape index (κ2) is 6.50. The summed E-state index contributed by atoms with van der Waals surface area (Å²) in [6.07, 6.45) is 5.41. The minimum absolute atomic E-state index is 0.0860. The van der Waals surface area contributed by atoms with Crippen molar-refractivity contribution >= 4 is 27.1 Å². The third-order valence-electron chi connectivity index (χ3n) is 5.32. The smallest absolute Gasteiger partial charge is 0.279 e. The van der Waals surface area contributed by atoms with Gasteiger partial charge in [0.2, 0.25) is 0 Å². The van der Waals surface area contributed by atoms with E-state index >= 15 is 0 Å². The molecule has 1 aliphatic carbocycles. The molecular formula is C16H21N7O2S. The van der Waals surface area contributed by atoms with E-state index in [1.54, 1.807) is 0 Å². The largest absolute Gasteiger partial charge is 0.356 e. The summed E-state index contributed by atoms with van der Waals surface area (Å²) in [6.45, 7) is 0.699. The second-order valence-electron chi connectivity index (χ2n) is 6.97. The molecule has 2 N–H and O–H groups in total. The highest BCUT2D eigenvalue weighted by molar-refractivity contribution is 7.87. The third kappa shape index (κ3) is 3.02. The number of H-pyrrole nitrogens is 1. The lowest BCUT2D eigenvalue weighted by molar-refractivity contribution is 0.309. The van der Waals surface area contributed by atoms with Crippen molar-refractivity contribution < 1.29 is 8.42 Å². The summed E-state index contributed by atoms with van der Waals surface area (Å²) >= 11 is 0. The minimum Gasteiger partial charge on any atom is -0.356 e. The van der Waals surface area contributed by atoms with Gasteiger partial charge in [0.25, 0.3) is 10.2 Å². The van der Waals surface area contributed by atoms with E-state index in [2.05, 4.69) is 30.6 Å². The molecule has 3 heterocycles. The number of anilines is 1. The fraction of sp³-hybridized carbons (Fsp3) is 0.562. The number of hydrogen-bond acceptors (Lipinski definition) is 6. The molecule has 1 saturated heterocycles. The van der Waals surface area contributed by atoms with Crippen LogP contribution in [0, 0.1) is 17.2 Å². The summed E-state index contributed by atoms with van der Waals surface area (Å²) in [7, 11) is -1.55. The van der Waals surface area contributed by atoms with Gasteiger partial charge in [-0.2, -0.15) is 22.7 Å². The number of fused-ring (bicyclic) bond motifs is 1. The summed E-state index contributed by atoms with van der Waals surface area (Å²) in [6, 6.07) is 4.23. The first-order chi connectivity index (χ1) is 12.5. The van der Waals surface area contributed by atoms with Crippen molar-refractivity contribution in [1.82, 2.24) is 24.0 Å². The van der Waals surface area contributed by atoms with Crippen molar-refractivity contribution in [3.63, 3.8) is 0 Å². The number of aromatic nitrogens is 3. The molecule has 0 radical (unpaired) electrons. The van der Waals surface area contributed by atoms with Crippen molar-refractivity contribution in [3.05, 3.63) is 18.6 Å². The van der Waals surface area contributed by atoms with E-state index in [1.165, 1.54) is 10.6 Å². The normalized spacial score (nSPS) is 26.5. The summed E-state index contributed by atoms with van der Waals surface area (Å²) in [5.41, 5.74) is 0.791. The van der Waals surface area contributed by atoms with Gasteiger partial charge in [0.1, 0.15) is 17.8 Å². The molecule has 2 fully saturated rings. The van der Waals surface area contributed by atoms with E-state index < -0.39 is 10.2 Å². The fourth-order valence-electron chi connectivity index (χ4n) is 3.65. The molecule has 4 rings (SSSR count). The zero-order chi connectivity index (χ0) is 18.3. The van der Waals surface area contributed by atoms with Crippen LogP contribution in [-0.4, -0.2) is 59.9 Å². The summed E-state index contributed by atoms with van der Waals surface area (Å²) in [4.78, 5) is 13.7. The molecule has 1 saturated carbocycles. The van der Waals surface area contributed by atoms with Crippen molar-refractivity contribution in [2.45, 2.75) is 31.3 Å². The predicted molar refractivity (Wildman–Crippen MR) is 96.5 cm³/mol. The Morgan fingerprint density at radius 3 is 2.96 bits per heavy atom. The molecule has 2 aliphatic rings. The van der Waals surface area contributed by atoms with Crippen molar-refractivity contribution in [3.8, 4) is 6.07 Å². The Morgan fingerprint density at radius 2 is 2.23 bits per heavy atom. The Kier molecular flexibility index (Phi) is 4.30. The zero-order valence-corrected chi connectivity index (χ0v) is 15.3. The van der Waals surface area contributed by atoms with E-state index in [9.17, 15) is 8.42 Å². The Bertz CT molecular complexity index is 945. The Morgan fingerprint density at radius 1 is 1.42 bits per heavy atom. The fourth-order valence-corrected chi connectivity index (χ4v) is 5.13. The van der Waals surface area contributed by atoms with Crippen molar-refractivity contribution in [2.75, 3.05) is 25.0 Å². The van der Waals surface area contributed by atoms with E-state index in [0.29, 0.717) is 13.0 Å². The van der Waals surface area contributed by atoms with Crippen LogP contribution in [0.2, 0.25) is 0 Å². The van der Waals surface area contributed by atoms with Crippen LogP contribution in [0.3, 0.4) is 0 Å². The number of rotatable bonds is 5. The molecule has 2 aromatic rings. The van der Waals surface area contributed by atoms with Gasteiger partial charge in [-0.05, 0) is 25.3 Å². The molecule has 138 valence electrons. The molecule has 9 nitrogen and oxygen atoms in total. The molecule has 26 heavy (non-hydrogen) atoms. The maximum Gasteiger partial charge on any atom is 0.279 e. The van der Waals surface area contributed by atoms with Crippen LogP contribution in [0.1, 0.15) is 19.3 Å². The number of hydrogen-bond donors (Lipinski definition) is 2. The van der Waals surface area contributed by atoms with Crippen LogP contribution >= 0.6 is 0 Å². The molecule has 0 amide bonds. The van der Waals surface area contributed by atoms with Gasteiger partial charge < -0.3 is 9.88 Å². The molecule has 0 aromatic carbocycles. The number of aromatic amines is 1. The van der Waals surface area contributed by atoms with Crippen LogP contribution in [0.25, 0.3) is 11.0 Å². The Balaban J connectivity index is 1.37. The number of nitrogens with one attached hydrogen (secondary N) is 2. The SMILES string of the molecule is CN(c1ncnc2[nH]ccc12)C1CC(NS(=O)(=O)N2CC[C@@H](C#N)C2)C1. The zero-order valence-electron chi connectivity index (χ0n) is 14.5. The first-order valence-electron chi connectivity index (χ1n) is 8.66. The lowest BCUT2D eigenvalue weighted by Crippen LogP contribution is -2.55. The third-order valence-corrected chi connectivity index (χ3v) is 6.96. The molecule has 1 aliphatic heterocycles. The summed E-state index contributed by atoms with van der Waals surface area (Å²) in [5, 5.41) is 9.90. The van der Waals surface area contributed by atoms with Crippen molar-refractivity contribution in [1.29, 1.82) is 5.26 Å². The molecule has 2 aromatic heterocycles. The highest BCUT2D eigenvalue weighted by atomic mass is 32.2. The first kappa shape index (κ1) is 17.2. The monoisotopic (exact) mass is 375 g/mol. The topological polar surface area (TPSA) is 118 Å². The van der Waals surface area contributed by atoms with Crippen LogP contribution in [0.4, 0.5) is 5.82 Å². The number of nitrogens with zero attached hydrogens (tertiary/aromatic N) is 5. The van der Waals surface area contributed by atoms with Crippen LogP contribution in [-0.2, 0) is 10.2 Å². The molecular weight excluding hydrogens is 354 g/mol. The standard InChI is InChI=1S/C16H21N7O2S/c1-22(16-14-2-4-18-15(14)19-10-20-16)13-6-12(7-13)21-26(24,25)23-5-3-11(8-17)9-23/h2,4,10-13,21H,3,5-7,9H2,1H3,(H,18,19,20)/t11-,12?,13?/m0/s1. The van der Waals surface area contributed by atoms with Crippen LogP contribution in [0.5, 0.6) is 0 Å². The molecule has 0 spiro atoms.